The Balaban J connectivity index is 2.01. The predicted molar refractivity (Wildman–Crippen MR) is 84.3 cm³/mol. The molecule has 2 rings (SSSR count). The van der Waals surface area contributed by atoms with Crippen LogP contribution in [0.1, 0.15) is 12.0 Å². The lowest BCUT2D eigenvalue weighted by molar-refractivity contribution is 0.235. The number of rotatable bonds is 5. The molecule has 0 aliphatic rings. The summed E-state index contributed by atoms with van der Waals surface area (Å²) in [4.78, 5) is 0. The van der Waals surface area contributed by atoms with Crippen molar-refractivity contribution in [3.05, 3.63) is 66.2 Å². The van der Waals surface area contributed by atoms with Crippen LogP contribution in [0.2, 0.25) is 13.1 Å². The second-order valence-corrected chi connectivity index (χ2v) is 10.3. The van der Waals surface area contributed by atoms with Crippen LogP contribution in [0.5, 0.6) is 0 Å². The average molecular weight is 270 g/mol. The number of benzene rings is 2. The van der Waals surface area contributed by atoms with Gasteiger partial charge >= 0.3 is 0 Å². The van der Waals surface area contributed by atoms with Crippen molar-refractivity contribution in [3.8, 4) is 0 Å². The molecule has 19 heavy (non-hydrogen) atoms. The molecule has 1 unspecified atom stereocenters. The summed E-state index contributed by atoms with van der Waals surface area (Å²) in [7, 11) is -1.78. The van der Waals surface area contributed by atoms with Crippen LogP contribution in [0, 0.1) is 0 Å². The topological polar surface area (TPSA) is 20.2 Å². The van der Waals surface area contributed by atoms with Gasteiger partial charge < -0.3 is 5.11 Å². The van der Waals surface area contributed by atoms with E-state index in [-0.39, 0.29) is 5.73 Å². The summed E-state index contributed by atoms with van der Waals surface area (Å²) in [5, 5.41) is 11.9. The highest BCUT2D eigenvalue weighted by Crippen LogP contribution is 2.15. The number of aliphatic hydroxyl groups excluding tert-OH is 1. The maximum Gasteiger partial charge on any atom is 0.113 e. The summed E-state index contributed by atoms with van der Waals surface area (Å²) in [5.74, 6) is 0. The average Bonchev–Trinajstić information content (AvgIpc) is 2.46. The molecule has 0 amide bonds. The molecule has 0 spiro atoms. The lowest BCUT2D eigenvalue weighted by Gasteiger charge is -2.29. The highest BCUT2D eigenvalue weighted by Gasteiger charge is 2.31. The molecule has 0 radical (unpaired) electrons. The Labute approximate surface area is 116 Å². The van der Waals surface area contributed by atoms with Gasteiger partial charge in [-0.25, -0.2) is 0 Å². The lowest BCUT2D eigenvalue weighted by Crippen LogP contribution is -2.52. The molecule has 0 aliphatic carbocycles. The highest BCUT2D eigenvalue weighted by atomic mass is 28.3. The highest BCUT2D eigenvalue weighted by molar-refractivity contribution is 6.90. The van der Waals surface area contributed by atoms with Crippen LogP contribution >= 0.6 is 0 Å². The Morgan fingerprint density at radius 1 is 0.895 bits per heavy atom. The molecule has 2 aromatic rings. The minimum atomic E-state index is -1.78. The fraction of sp³-hybridized carbons (Fsp3) is 0.294. The number of aliphatic hydroxyl groups is 1. The minimum absolute atomic E-state index is 0.199. The first-order valence-corrected chi connectivity index (χ1v) is 9.96. The SMILES string of the molecule is C[Si](C)(c1ccccc1)C(O)CCc1ccccc1. The number of aryl methyl sites for hydroxylation is 1. The van der Waals surface area contributed by atoms with Gasteiger partial charge in [-0.15, -0.1) is 0 Å². The van der Waals surface area contributed by atoms with Crippen molar-refractivity contribution >= 4 is 13.3 Å². The smallest absolute Gasteiger partial charge is 0.113 e. The number of hydrogen-bond acceptors (Lipinski definition) is 1. The second-order valence-electron chi connectivity index (χ2n) is 5.63. The molecular formula is C17H22OSi. The van der Waals surface area contributed by atoms with E-state index in [1.165, 1.54) is 10.8 Å². The quantitative estimate of drug-likeness (QED) is 0.828. The fourth-order valence-electron chi connectivity index (χ4n) is 2.37. The first kappa shape index (κ1) is 14.0. The van der Waals surface area contributed by atoms with Crippen LogP contribution in [0.15, 0.2) is 60.7 Å². The van der Waals surface area contributed by atoms with Gasteiger partial charge in [0, 0.05) is 0 Å². The summed E-state index contributed by atoms with van der Waals surface area (Å²) >= 11 is 0. The van der Waals surface area contributed by atoms with Gasteiger partial charge in [-0.2, -0.15) is 0 Å². The summed E-state index contributed by atoms with van der Waals surface area (Å²) < 4.78 is 0. The third-order valence-electron chi connectivity index (χ3n) is 3.90. The van der Waals surface area contributed by atoms with E-state index >= 15 is 0 Å². The van der Waals surface area contributed by atoms with Gasteiger partial charge in [0.2, 0.25) is 0 Å². The van der Waals surface area contributed by atoms with Crippen molar-refractivity contribution in [2.24, 2.45) is 0 Å². The fourth-order valence-corrected chi connectivity index (χ4v) is 4.67. The molecule has 1 atom stereocenters. The van der Waals surface area contributed by atoms with Crippen LogP contribution in [-0.2, 0) is 6.42 Å². The summed E-state index contributed by atoms with van der Waals surface area (Å²) in [6, 6.07) is 20.9. The van der Waals surface area contributed by atoms with Crippen LogP contribution in [-0.4, -0.2) is 18.9 Å². The standard InChI is InChI=1S/C17H22OSi/c1-19(2,16-11-7-4-8-12-16)17(18)14-13-15-9-5-3-6-10-15/h3-12,17-18H,13-14H2,1-2H3. The molecule has 1 N–H and O–H groups in total. The van der Waals surface area contributed by atoms with E-state index in [9.17, 15) is 5.11 Å². The molecular weight excluding hydrogens is 248 g/mol. The zero-order valence-electron chi connectivity index (χ0n) is 11.7. The molecule has 0 aliphatic heterocycles. The van der Waals surface area contributed by atoms with Crippen molar-refractivity contribution in [2.75, 3.05) is 0 Å². The first-order valence-electron chi connectivity index (χ1n) is 6.88. The maximum absolute atomic E-state index is 10.6. The molecule has 100 valence electrons. The van der Waals surface area contributed by atoms with Gasteiger partial charge in [0.05, 0.1) is 5.73 Å². The molecule has 0 saturated carbocycles. The molecule has 1 nitrogen and oxygen atoms in total. The van der Waals surface area contributed by atoms with Crippen LogP contribution in [0.3, 0.4) is 0 Å². The van der Waals surface area contributed by atoms with Crippen molar-refractivity contribution in [3.63, 3.8) is 0 Å². The van der Waals surface area contributed by atoms with E-state index in [4.69, 9.17) is 0 Å². The minimum Gasteiger partial charge on any atom is -0.396 e. The Morgan fingerprint density at radius 2 is 1.42 bits per heavy atom. The first-order chi connectivity index (χ1) is 9.10. The summed E-state index contributed by atoms with van der Waals surface area (Å²) in [5.41, 5.74) is 1.11. The molecule has 0 saturated heterocycles. The van der Waals surface area contributed by atoms with Gasteiger partial charge in [0.1, 0.15) is 8.07 Å². The third kappa shape index (κ3) is 3.55. The Hall–Kier alpha value is -1.38. The van der Waals surface area contributed by atoms with Crippen molar-refractivity contribution in [1.29, 1.82) is 0 Å². The van der Waals surface area contributed by atoms with E-state index in [0.717, 1.165) is 12.8 Å². The van der Waals surface area contributed by atoms with Gasteiger partial charge in [-0.05, 0) is 18.4 Å². The van der Waals surface area contributed by atoms with Crippen molar-refractivity contribution < 1.29 is 5.11 Å². The Morgan fingerprint density at radius 3 is 2.00 bits per heavy atom. The van der Waals surface area contributed by atoms with E-state index in [1.807, 2.05) is 12.1 Å². The van der Waals surface area contributed by atoms with Crippen molar-refractivity contribution in [1.82, 2.24) is 0 Å². The molecule has 2 aromatic carbocycles. The van der Waals surface area contributed by atoms with Crippen LogP contribution in [0.25, 0.3) is 0 Å². The zero-order valence-corrected chi connectivity index (χ0v) is 12.7. The van der Waals surface area contributed by atoms with Crippen LogP contribution in [0.4, 0.5) is 0 Å². The zero-order chi connectivity index (χ0) is 13.7. The van der Waals surface area contributed by atoms with E-state index in [1.54, 1.807) is 0 Å². The van der Waals surface area contributed by atoms with Gasteiger partial charge in [-0.1, -0.05) is 78.9 Å². The Bertz CT molecular complexity index is 493. The van der Waals surface area contributed by atoms with Crippen LogP contribution < -0.4 is 5.19 Å². The van der Waals surface area contributed by atoms with Gasteiger partial charge in [-0.3, -0.25) is 0 Å². The van der Waals surface area contributed by atoms with E-state index in [2.05, 4.69) is 61.6 Å². The predicted octanol–water partition coefficient (Wildman–Crippen LogP) is 3.13. The van der Waals surface area contributed by atoms with E-state index in [0.29, 0.717) is 0 Å². The maximum atomic E-state index is 10.6. The van der Waals surface area contributed by atoms with Crippen molar-refractivity contribution in [2.45, 2.75) is 31.7 Å². The molecule has 0 fully saturated rings. The molecule has 2 heteroatoms. The molecule has 0 aromatic heterocycles. The largest absolute Gasteiger partial charge is 0.396 e. The Kier molecular flexibility index (Phi) is 4.56. The molecule has 0 bridgehead atoms. The van der Waals surface area contributed by atoms with Gasteiger partial charge in [0.25, 0.3) is 0 Å². The summed E-state index contributed by atoms with van der Waals surface area (Å²) in [6.45, 7) is 4.50. The van der Waals surface area contributed by atoms with Gasteiger partial charge in [0.15, 0.2) is 0 Å². The normalized spacial score (nSPS) is 13.2. The van der Waals surface area contributed by atoms with E-state index < -0.39 is 8.07 Å². The molecule has 0 heterocycles. The number of hydrogen-bond donors (Lipinski definition) is 1. The monoisotopic (exact) mass is 270 g/mol. The summed E-state index contributed by atoms with van der Waals surface area (Å²) in [6.07, 6.45) is 1.80. The third-order valence-corrected chi connectivity index (χ3v) is 7.68. The lowest BCUT2D eigenvalue weighted by atomic mass is 10.1. The second kappa shape index (κ2) is 6.18.